The SMILES string of the molecule is C=C/C=C(\C)C1=C(C(C)(C)C)C=C(C)CC1. The molecule has 1 aliphatic carbocycles. The third kappa shape index (κ3) is 2.98. The Morgan fingerprint density at radius 2 is 1.94 bits per heavy atom. The summed E-state index contributed by atoms with van der Waals surface area (Å²) in [6.45, 7) is 15.1. The summed E-state index contributed by atoms with van der Waals surface area (Å²) in [6.07, 6.45) is 8.74. The van der Waals surface area contributed by atoms with Crippen molar-refractivity contribution in [2.75, 3.05) is 0 Å². The zero-order valence-electron chi connectivity index (χ0n) is 11.4. The predicted octanol–water partition coefficient (Wildman–Crippen LogP) is 5.20. The number of rotatable bonds is 2. The van der Waals surface area contributed by atoms with Crippen LogP contribution in [0.1, 0.15) is 47.5 Å². The van der Waals surface area contributed by atoms with E-state index in [9.17, 15) is 0 Å². The molecule has 0 amide bonds. The molecule has 16 heavy (non-hydrogen) atoms. The Morgan fingerprint density at radius 3 is 2.44 bits per heavy atom. The van der Waals surface area contributed by atoms with Crippen LogP contribution in [-0.4, -0.2) is 0 Å². The van der Waals surface area contributed by atoms with Crippen molar-refractivity contribution in [2.24, 2.45) is 5.41 Å². The molecule has 0 saturated heterocycles. The van der Waals surface area contributed by atoms with Crippen LogP contribution >= 0.6 is 0 Å². The molecular formula is C16H24. The molecule has 0 saturated carbocycles. The molecule has 0 aromatic rings. The molecule has 0 N–H and O–H groups in total. The van der Waals surface area contributed by atoms with Gasteiger partial charge in [0.15, 0.2) is 0 Å². The molecule has 0 atom stereocenters. The third-order valence-corrected chi connectivity index (χ3v) is 3.14. The summed E-state index contributed by atoms with van der Waals surface area (Å²) in [7, 11) is 0. The molecule has 0 spiro atoms. The van der Waals surface area contributed by atoms with E-state index >= 15 is 0 Å². The molecule has 1 rings (SSSR count). The maximum atomic E-state index is 3.78. The minimum Gasteiger partial charge on any atom is -0.0991 e. The molecule has 0 aliphatic heterocycles. The highest BCUT2D eigenvalue weighted by atomic mass is 14.3. The third-order valence-electron chi connectivity index (χ3n) is 3.14. The van der Waals surface area contributed by atoms with Crippen molar-refractivity contribution < 1.29 is 0 Å². The van der Waals surface area contributed by atoms with Gasteiger partial charge in [-0.1, -0.05) is 51.2 Å². The van der Waals surface area contributed by atoms with Crippen LogP contribution in [0.5, 0.6) is 0 Å². The Hall–Kier alpha value is -1.04. The van der Waals surface area contributed by atoms with E-state index in [-0.39, 0.29) is 5.41 Å². The molecule has 0 aromatic heterocycles. The van der Waals surface area contributed by atoms with E-state index in [4.69, 9.17) is 0 Å². The first-order valence-corrected chi connectivity index (χ1v) is 6.06. The number of hydrogen-bond donors (Lipinski definition) is 0. The van der Waals surface area contributed by atoms with Gasteiger partial charge in [0.25, 0.3) is 0 Å². The lowest BCUT2D eigenvalue weighted by atomic mass is 9.76. The Labute approximate surface area is 100 Å². The molecule has 0 heterocycles. The molecule has 0 nitrogen and oxygen atoms in total. The van der Waals surface area contributed by atoms with Gasteiger partial charge in [0.1, 0.15) is 0 Å². The van der Waals surface area contributed by atoms with Crippen LogP contribution in [0, 0.1) is 5.41 Å². The minimum atomic E-state index is 0.229. The van der Waals surface area contributed by atoms with E-state index in [2.05, 4.69) is 53.3 Å². The molecule has 0 radical (unpaired) electrons. The average Bonchev–Trinajstić information content (AvgIpc) is 2.16. The first kappa shape index (κ1) is 13.0. The van der Waals surface area contributed by atoms with Crippen molar-refractivity contribution in [3.63, 3.8) is 0 Å². The normalized spacial score (nSPS) is 18.6. The van der Waals surface area contributed by atoms with Gasteiger partial charge in [-0.25, -0.2) is 0 Å². The fraction of sp³-hybridized carbons (Fsp3) is 0.500. The second kappa shape index (κ2) is 4.86. The molecule has 1 aliphatic rings. The van der Waals surface area contributed by atoms with Crippen LogP contribution in [0.15, 0.2) is 47.1 Å². The minimum absolute atomic E-state index is 0.229. The van der Waals surface area contributed by atoms with Crippen LogP contribution in [0.25, 0.3) is 0 Å². The summed E-state index contributed by atoms with van der Waals surface area (Å²) in [5, 5.41) is 0. The van der Waals surface area contributed by atoms with E-state index < -0.39 is 0 Å². The van der Waals surface area contributed by atoms with E-state index in [1.54, 1.807) is 0 Å². The molecular weight excluding hydrogens is 192 g/mol. The van der Waals surface area contributed by atoms with Crippen molar-refractivity contribution in [1.82, 2.24) is 0 Å². The van der Waals surface area contributed by atoms with Gasteiger partial charge in [-0.2, -0.15) is 0 Å². The van der Waals surface area contributed by atoms with E-state index in [1.807, 2.05) is 6.08 Å². The molecule has 0 heteroatoms. The quantitative estimate of drug-likeness (QED) is 0.556. The topological polar surface area (TPSA) is 0 Å². The second-order valence-corrected chi connectivity index (χ2v) is 5.72. The summed E-state index contributed by atoms with van der Waals surface area (Å²) >= 11 is 0. The lowest BCUT2D eigenvalue weighted by Crippen LogP contribution is -2.14. The second-order valence-electron chi connectivity index (χ2n) is 5.72. The summed E-state index contributed by atoms with van der Waals surface area (Å²) in [6, 6.07) is 0. The van der Waals surface area contributed by atoms with Crippen LogP contribution in [0.3, 0.4) is 0 Å². The summed E-state index contributed by atoms with van der Waals surface area (Å²) in [5.74, 6) is 0. The highest BCUT2D eigenvalue weighted by molar-refractivity contribution is 5.46. The van der Waals surface area contributed by atoms with Crippen molar-refractivity contribution in [3.05, 3.63) is 47.1 Å². The van der Waals surface area contributed by atoms with E-state index in [0.29, 0.717) is 0 Å². The van der Waals surface area contributed by atoms with Gasteiger partial charge in [0.2, 0.25) is 0 Å². The lowest BCUT2D eigenvalue weighted by molar-refractivity contribution is 0.505. The first-order valence-electron chi connectivity index (χ1n) is 6.06. The lowest BCUT2D eigenvalue weighted by Gasteiger charge is -2.29. The smallest absolute Gasteiger partial charge is 0.0129 e. The Bertz CT molecular complexity index is 367. The standard InChI is InChI=1S/C16H24/c1-7-8-13(3)14-10-9-12(2)11-15(14)16(4,5)6/h7-8,11H,1,9-10H2,2-6H3/b13-8+. The monoisotopic (exact) mass is 216 g/mol. The predicted molar refractivity (Wildman–Crippen MR) is 73.4 cm³/mol. The summed E-state index contributed by atoms with van der Waals surface area (Å²) < 4.78 is 0. The first-order chi connectivity index (χ1) is 7.36. The van der Waals surface area contributed by atoms with Gasteiger partial charge >= 0.3 is 0 Å². The largest absolute Gasteiger partial charge is 0.0991 e. The van der Waals surface area contributed by atoms with Gasteiger partial charge in [-0.05, 0) is 48.8 Å². The van der Waals surface area contributed by atoms with Crippen LogP contribution in [-0.2, 0) is 0 Å². The van der Waals surface area contributed by atoms with E-state index in [1.165, 1.54) is 35.1 Å². The summed E-state index contributed by atoms with van der Waals surface area (Å²) in [5.41, 5.74) is 6.10. The fourth-order valence-electron chi connectivity index (χ4n) is 2.22. The Morgan fingerprint density at radius 1 is 1.31 bits per heavy atom. The molecule has 0 bridgehead atoms. The van der Waals surface area contributed by atoms with Gasteiger partial charge in [0.05, 0.1) is 0 Å². The zero-order chi connectivity index (χ0) is 12.3. The molecule has 0 aromatic carbocycles. The highest BCUT2D eigenvalue weighted by Gasteiger charge is 2.22. The van der Waals surface area contributed by atoms with Crippen molar-refractivity contribution in [3.8, 4) is 0 Å². The molecule has 0 fully saturated rings. The van der Waals surface area contributed by atoms with Crippen LogP contribution in [0.2, 0.25) is 0 Å². The van der Waals surface area contributed by atoms with E-state index in [0.717, 1.165) is 0 Å². The van der Waals surface area contributed by atoms with Gasteiger partial charge in [0, 0.05) is 0 Å². The maximum Gasteiger partial charge on any atom is -0.0129 e. The molecule has 0 unspecified atom stereocenters. The van der Waals surface area contributed by atoms with Gasteiger partial charge in [-0.15, -0.1) is 0 Å². The van der Waals surface area contributed by atoms with Crippen molar-refractivity contribution in [2.45, 2.75) is 47.5 Å². The van der Waals surface area contributed by atoms with Crippen molar-refractivity contribution in [1.29, 1.82) is 0 Å². The van der Waals surface area contributed by atoms with Gasteiger partial charge in [-0.3, -0.25) is 0 Å². The Balaban J connectivity index is 3.28. The van der Waals surface area contributed by atoms with Crippen molar-refractivity contribution >= 4 is 0 Å². The van der Waals surface area contributed by atoms with Crippen LogP contribution in [0.4, 0.5) is 0 Å². The molecule has 88 valence electrons. The van der Waals surface area contributed by atoms with Crippen LogP contribution < -0.4 is 0 Å². The number of hydrogen-bond acceptors (Lipinski definition) is 0. The highest BCUT2D eigenvalue weighted by Crippen LogP contribution is 2.38. The zero-order valence-corrected chi connectivity index (χ0v) is 11.4. The average molecular weight is 216 g/mol. The number of allylic oxidation sites excluding steroid dienone is 7. The summed E-state index contributed by atoms with van der Waals surface area (Å²) in [4.78, 5) is 0. The van der Waals surface area contributed by atoms with Gasteiger partial charge < -0.3 is 0 Å². The fourth-order valence-corrected chi connectivity index (χ4v) is 2.22. The Kier molecular flexibility index (Phi) is 3.96. The maximum absolute atomic E-state index is 3.78.